The van der Waals surface area contributed by atoms with Gasteiger partial charge in [0.1, 0.15) is 11.4 Å². The van der Waals surface area contributed by atoms with E-state index in [0.29, 0.717) is 18.7 Å². The lowest BCUT2D eigenvalue weighted by Crippen LogP contribution is -2.45. The van der Waals surface area contributed by atoms with E-state index in [9.17, 15) is 14.0 Å². The van der Waals surface area contributed by atoms with Gasteiger partial charge in [0.2, 0.25) is 0 Å². The van der Waals surface area contributed by atoms with Gasteiger partial charge in [0.25, 0.3) is 5.91 Å². The summed E-state index contributed by atoms with van der Waals surface area (Å²) in [6.07, 6.45) is 3.72. The van der Waals surface area contributed by atoms with Crippen LogP contribution in [0.5, 0.6) is 0 Å². The van der Waals surface area contributed by atoms with Crippen molar-refractivity contribution in [3.8, 4) is 0 Å². The highest BCUT2D eigenvalue weighted by Gasteiger charge is 2.51. The highest BCUT2D eigenvalue weighted by molar-refractivity contribution is 6.11. The van der Waals surface area contributed by atoms with Crippen molar-refractivity contribution < 1.29 is 14.0 Å². The molecular formula is C18H22FN3O2. The number of urea groups is 1. The second-order valence-corrected chi connectivity index (χ2v) is 6.11. The number of hydrogen-bond donors (Lipinski definition) is 0. The molecule has 1 heterocycles. The van der Waals surface area contributed by atoms with E-state index in [1.54, 1.807) is 50.9 Å². The lowest BCUT2D eigenvalue weighted by atomic mass is 10.0. The topological polar surface area (TPSA) is 53.0 Å². The van der Waals surface area contributed by atoms with Crippen LogP contribution in [-0.4, -0.2) is 47.1 Å². The molecule has 128 valence electrons. The van der Waals surface area contributed by atoms with Gasteiger partial charge >= 0.3 is 6.03 Å². The monoisotopic (exact) mass is 331 g/mol. The summed E-state index contributed by atoms with van der Waals surface area (Å²) in [5, 5.41) is 0. The van der Waals surface area contributed by atoms with E-state index in [1.807, 2.05) is 0 Å². The van der Waals surface area contributed by atoms with E-state index < -0.39 is 5.54 Å². The Hall–Kier alpha value is -2.50. The number of hydrogen-bond acceptors (Lipinski definition) is 3. The number of benzene rings is 1. The zero-order chi connectivity index (χ0) is 17.9. The van der Waals surface area contributed by atoms with Gasteiger partial charge in [-0.2, -0.15) is 0 Å². The maximum Gasteiger partial charge on any atom is 0.332 e. The minimum atomic E-state index is -0.938. The Labute approximate surface area is 141 Å². The van der Waals surface area contributed by atoms with Crippen molar-refractivity contribution in [3.05, 3.63) is 47.4 Å². The smallest absolute Gasteiger partial charge is 0.309 e. The summed E-state index contributed by atoms with van der Waals surface area (Å²) >= 11 is 0. The molecule has 0 saturated carbocycles. The Kier molecular flexibility index (Phi) is 5.17. The second-order valence-electron chi connectivity index (χ2n) is 6.11. The normalized spacial score (nSPS) is 18.1. The maximum absolute atomic E-state index is 13.0. The molecule has 0 aliphatic carbocycles. The molecule has 1 aliphatic heterocycles. The zero-order valence-electron chi connectivity index (χ0n) is 14.4. The van der Waals surface area contributed by atoms with Gasteiger partial charge in [-0.3, -0.25) is 9.79 Å². The first-order valence-corrected chi connectivity index (χ1v) is 7.82. The zero-order valence-corrected chi connectivity index (χ0v) is 14.4. The van der Waals surface area contributed by atoms with Crippen LogP contribution in [0.3, 0.4) is 0 Å². The number of amides is 3. The van der Waals surface area contributed by atoms with Crippen LogP contribution in [0.1, 0.15) is 26.3 Å². The van der Waals surface area contributed by atoms with Gasteiger partial charge < -0.3 is 4.90 Å². The Morgan fingerprint density at radius 3 is 2.42 bits per heavy atom. The summed E-state index contributed by atoms with van der Waals surface area (Å²) in [6, 6.07) is 5.78. The molecule has 0 atom stereocenters. The van der Waals surface area contributed by atoms with Gasteiger partial charge in [-0.1, -0.05) is 18.2 Å². The van der Waals surface area contributed by atoms with E-state index >= 15 is 0 Å². The van der Waals surface area contributed by atoms with Crippen molar-refractivity contribution in [1.29, 1.82) is 0 Å². The van der Waals surface area contributed by atoms with Crippen molar-refractivity contribution in [2.75, 3.05) is 13.6 Å². The predicted molar refractivity (Wildman–Crippen MR) is 91.3 cm³/mol. The fourth-order valence-electron chi connectivity index (χ4n) is 2.72. The lowest BCUT2D eigenvalue weighted by Gasteiger charge is -2.27. The average molecular weight is 331 g/mol. The van der Waals surface area contributed by atoms with Crippen LogP contribution in [0.4, 0.5) is 9.18 Å². The van der Waals surface area contributed by atoms with Crippen molar-refractivity contribution in [1.82, 2.24) is 9.80 Å². The SMILES string of the molecule is C/C=C(\C=NC)N1C(=O)N(CCc2ccc(F)cc2)C(C)(C)C1=O. The third-order valence-corrected chi connectivity index (χ3v) is 4.18. The van der Waals surface area contributed by atoms with E-state index in [0.717, 1.165) is 10.5 Å². The first-order valence-electron chi connectivity index (χ1n) is 7.82. The lowest BCUT2D eigenvalue weighted by molar-refractivity contribution is -0.130. The molecule has 0 unspecified atom stereocenters. The quantitative estimate of drug-likeness (QED) is 0.615. The fraction of sp³-hybridized carbons (Fsp3) is 0.389. The van der Waals surface area contributed by atoms with Crippen molar-refractivity contribution >= 4 is 18.2 Å². The van der Waals surface area contributed by atoms with E-state index in [1.165, 1.54) is 18.3 Å². The van der Waals surface area contributed by atoms with Crippen LogP contribution in [-0.2, 0) is 11.2 Å². The van der Waals surface area contributed by atoms with Crippen LogP contribution in [0.2, 0.25) is 0 Å². The first kappa shape index (κ1) is 17.8. The first-order chi connectivity index (χ1) is 11.3. The van der Waals surface area contributed by atoms with E-state index in [4.69, 9.17) is 0 Å². The number of rotatable bonds is 5. The summed E-state index contributed by atoms with van der Waals surface area (Å²) in [4.78, 5) is 32.1. The minimum Gasteiger partial charge on any atom is -0.309 e. The molecule has 0 N–H and O–H groups in total. The average Bonchev–Trinajstić information content (AvgIpc) is 2.71. The van der Waals surface area contributed by atoms with Gasteiger partial charge in [0, 0.05) is 19.8 Å². The summed E-state index contributed by atoms with van der Waals surface area (Å²) < 4.78 is 13.0. The number of carbonyl (C=O) groups is 2. The maximum atomic E-state index is 13.0. The molecule has 6 heteroatoms. The Morgan fingerprint density at radius 2 is 1.88 bits per heavy atom. The van der Waals surface area contributed by atoms with Crippen LogP contribution in [0.15, 0.2) is 41.0 Å². The Morgan fingerprint density at radius 1 is 1.25 bits per heavy atom. The van der Waals surface area contributed by atoms with Crippen molar-refractivity contribution in [3.63, 3.8) is 0 Å². The summed E-state index contributed by atoms with van der Waals surface area (Å²) in [7, 11) is 1.59. The molecular weight excluding hydrogens is 309 g/mol. The molecule has 0 bridgehead atoms. The Bertz CT molecular complexity index is 693. The molecule has 3 amide bonds. The standard InChI is InChI=1S/C18H22FN3O2/c1-5-15(12-20-4)22-16(23)18(2,3)21(17(22)24)11-10-13-6-8-14(19)9-7-13/h5-9,12H,10-11H2,1-4H3/b15-5+,20-12?. The molecule has 1 fully saturated rings. The third-order valence-electron chi connectivity index (χ3n) is 4.18. The molecule has 1 aromatic carbocycles. The van der Waals surface area contributed by atoms with Crippen LogP contribution >= 0.6 is 0 Å². The van der Waals surface area contributed by atoms with Crippen LogP contribution in [0, 0.1) is 5.82 Å². The number of allylic oxidation sites excluding steroid dienone is 2. The molecule has 1 aliphatic rings. The largest absolute Gasteiger partial charge is 0.332 e. The number of aliphatic imine (C=N–C) groups is 1. The summed E-state index contributed by atoms with van der Waals surface area (Å²) in [5.41, 5.74) is 0.435. The van der Waals surface area contributed by atoms with Gasteiger partial charge in [-0.05, 0) is 44.9 Å². The van der Waals surface area contributed by atoms with Crippen molar-refractivity contribution in [2.45, 2.75) is 32.7 Å². The number of carbonyl (C=O) groups excluding carboxylic acids is 2. The molecule has 5 nitrogen and oxygen atoms in total. The molecule has 0 spiro atoms. The van der Waals surface area contributed by atoms with Crippen LogP contribution < -0.4 is 0 Å². The highest BCUT2D eigenvalue weighted by atomic mass is 19.1. The van der Waals surface area contributed by atoms with Gasteiger partial charge in [-0.25, -0.2) is 14.1 Å². The molecule has 0 aromatic heterocycles. The number of imide groups is 1. The van der Waals surface area contributed by atoms with E-state index in [-0.39, 0.29) is 17.8 Å². The fourth-order valence-corrected chi connectivity index (χ4v) is 2.72. The Balaban J connectivity index is 2.22. The highest BCUT2D eigenvalue weighted by Crippen LogP contribution is 2.30. The second kappa shape index (κ2) is 6.95. The summed E-state index contributed by atoms with van der Waals surface area (Å²) in [6.45, 7) is 5.59. The van der Waals surface area contributed by atoms with Gasteiger partial charge in [-0.15, -0.1) is 0 Å². The summed E-state index contributed by atoms with van der Waals surface area (Å²) in [5.74, 6) is -0.575. The minimum absolute atomic E-state index is 0.278. The molecule has 1 saturated heterocycles. The predicted octanol–water partition coefficient (Wildman–Crippen LogP) is 3.02. The number of nitrogens with zero attached hydrogens (tertiary/aromatic N) is 3. The van der Waals surface area contributed by atoms with Crippen LogP contribution in [0.25, 0.3) is 0 Å². The van der Waals surface area contributed by atoms with E-state index in [2.05, 4.69) is 4.99 Å². The molecule has 1 aromatic rings. The van der Waals surface area contributed by atoms with Gasteiger partial charge in [0.15, 0.2) is 0 Å². The molecule has 0 radical (unpaired) electrons. The molecule has 24 heavy (non-hydrogen) atoms. The third kappa shape index (κ3) is 3.22. The number of halogens is 1. The van der Waals surface area contributed by atoms with Gasteiger partial charge in [0.05, 0.1) is 5.70 Å². The molecule has 2 rings (SSSR count). The van der Waals surface area contributed by atoms with Crippen molar-refractivity contribution in [2.24, 2.45) is 4.99 Å².